The topological polar surface area (TPSA) is 63.6 Å². The Morgan fingerprint density at radius 3 is 2.48 bits per heavy atom. The molecule has 0 aromatic heterocycles. The monoisotopic (exact) mass is 350 g/mol. The standard InChI is InChI=1S/C18H13F3O4/c19-18(20,21)16-13(17(23)24)7-12-8-14(22)11(9-15(12)25-16)6-10-4-2-1-3-5-10/h1-7,16H,8-9H2,(H,23,24). The highest BCUT2D eigenvalue weighted by molar-refractivity contribution is 6.03. The summed E-state index contributed by atoms with van der Waals surface area (Å²) in [6, 6.07) is 8.91. The number of carbonyl (C=O) groups is 2. The summed E-state index contributed by atoms with van der Waals surface area (Å²) in [5.74, 6) is -1.99. The van der Waals surface area contributed by atoms with Crippen molar-refractivity contribution in [2.45, 2.75) is 25.1 Å². The molecule has 4 nitrogen and oxygen atoms in total. The lowest BCUT2D eigenvalue weighted by molar-refractivity contribution is -0.201. The highest BCUT2D eigenvalue weighted by Crippen LogP contribution is 2.40. The number of carboxylic acid groups (broad SMARTS) is 1. The maximum Gasteiger partial charge on any atom is 0.429 e. The quantitative estimate of drug-likeness (QED) is 0.827. The minimum absolute atomic E-state index is 0.00546. The summed E-state index contributed by atoms with van der Waals surface area (Å²) in [7, 11) is 0. The number of rotatable bonds is 2. The first kappa shape index (κ1) is 17.0. The van der Waals surface area contributed by atoms with E-state index in [2.05, 4.69) is 0 Å². The van der Waals surface area contributed by atoms with Gasteiger partial charge in [0.1, 0.15) is 5.76 Å². The lowest BCUT2D eigenvalue weighted by Gasteiger charge is -2.31. The minimum atomic E-state index is -4.85. The molecule has 2 aliphatic rings. The average molecular weight is 350 g/mol. The van der Waals surface area contributed by atoms with Gasteiger partial charge in [0.25, 0.3) is 0 Å². The predicted molar refractivity (Wildman–Crippen MR) is 82.3 cm³/mol. The van der Waals surface area contributed by atoms with Crippen molar-refractivity contribution >= 4 is 17.8 Å². The van der Waals surface area contributed by atoms with Crippen LogP contribution in [-0.2, 0) is 14.3 Å². The van der Waals surface area contributed by atoms with E-state index >= 15 is 0 Å². The Labute approximate surface area is 140 Å². The number of alkyl halides is 3. The maximum atomic E-state index is 13.1. The minimum Gasteiger partial charge on any atom is -0.480 e. The second-order valence-corrected chi connectivity index (χ2v) is 5.75. The maximum absolute atomic E-state index is 13.1. The smallest absolute Gasteiger partial charge is 0.429 e. The molecule has 25 heavy (non-hydrogen) atoms. The number of benzene rings is 1. The average Bonchev–Trinajstić information content (AvgIpc) is 2.54. The Kier molecular flexibility index (Phi) is 4.24. The Hall–Kier alpha value is -2.83. The molecule has 0 radical (unpaired) electrons. The van der Waals surface area contributed by atoms with Crippen molar-refractivity contribution in [3.05, 3.63) is 64.4 Å². The van der Waals surface area contributed by atoms with Gasteiger partial charge in [-0.3, -0.25) is 4.79 Å². The number of allylic oxidation sites excluding steroid dienone is 3. The van der Waals surface area contributed by atoms with Gasteiger partial charge >= 0.3 is 12.1 Å². The SMILES string of the molecule is O=C(O)C1=CC2=C(CC(=Cc3ccccc3)C(=O)C2)OC1C(F)(F)F. The van der Waals surface area contributed by atoms with E-state index in [9.17, 15) is 22.8 Å². The van der Waals surface area contributed by atoms with Gasteiger partial charge in [0.2, 0.25) is 6.10 Å². The van der Waals surface area contributed by atoms with Gasteiger partial charge < -0.3 is 9.84 Å². The van der Waals surface area contributed by atoms with Gasteiger partial charge in [-0.05, 0) is 23.3 Å². The zero-order chi connectivity index (χ0) is 18.2. The lowest BCUT2D eigenvalue weighted by atomic mass is 9.87. The van der Waals surface area contributed by atoms with Gasteiger partial charge in [-0.2, -0.15) is 13.2 Å². The van der Waals surface area contributed by atoms with E-state index in [-0.39, 0.29) is 30.0 Å². The van der Waals surface area contributed by atoms with Gasteiger partial charge in [0.15, 0.2) is 5.78 Å². The molecule has 0 saturated carbocycles. The van der Waals surface area contributed by atoms with E-state index in [1.807, 2.05) is 6.07 Å². The summed E-state index contributed by atoms with van der Waals surface area (Å²) in [4.78, 5) is 23.4. The third kappa shape index (κ3) is 3.50. The summed E-state index contributed by atoms with van der Waals surface area (Å²) >= 11 is 0. The molecule has 1 heterocycles. The first-order valence-corrected chi connectivity index (χ1v) is 7.45. The summed E-state index contributed by atoms with van der Waals surface area (Å²) in [5.41, 5.74) is 0.362. The summed E-state index contributed by atoms with van der Waals surface area (Å²) in [5, 5.41) is 9.01. The van der Waals surface area contributed by atoms with Gasteiger partial charge in [-0.25, -0.2) is 4.79 Å². The second-order valence-electron chi connectivity index (χ2n) is 5.75. The van der Waals surface area contributed by atoms with Gasteiger partial charge in [-0.15, -0.1) is 0 Å². The van der Waals surface area contributed by atoms with Gasteiger partial charge in [0, 0.05) is 18.4 Å². The van der Waals surface area contributed by atoms with Crippen LogP contribution in [0.2, 0.25) is 0 Å². The molecule has 1 unspecified atom stereocenters. The third-order valence-corrected chi connectivity index (χ3v) is 3.98. The number of hydrogen-bond acceptors (Lipinski definition) is 3. The summed E-state index contributed by atoms with van der Waals surface area (Å²) in [6.07, 6.45) is -5.15. The molecule has 1 aromatic carbocycles. The number of ether oxygens (including phenoxy) is 1. The van der Waals surface area contributed by atoms with Gasteiger partial charge in [-0.1, -0.05) is 30.3 Å². The van der Waals surface area contributed by atoms with Crippen molar-refractivity contribution in [2.75, 3.05) is 0 Å². The fourth-order valence-electron chi connectivity index (χ4n) is 2.79. The van der Waals surface area contributed by atoms with Crippen molar-refractivity contribution in [1.29, 1.82) is 0 Å². The molecular weight excluding hydrogens is 337 g/mol. The molecule has 0 fully saturated rings. The van der Waals surface area contributed by atoms with E-state index in [0.29, 0.717) is 5.57 Å². The number of carbonyl (C=O) groups excluding carboxylic acids is 1. The van der Waals surface area contributed by atoms with Crippen LogP contribution < -0.4 is 0 Å². The number of hydrogen-bond donors (Lipinski definition) is 1. The van der Waals surface area contributed by atoms with Crippen LogP contribution >= 0.6 is 0 Å². The molecular formula is C18H13F3O4. The van der Waals surface area contributed by atoms with Crippen molar-refractivity contribution < 1.29 is 32.6 Å². The first-order valence-electron chi connectivity index (χ1n) is 7.45. The Morgan fingerprint density at radius 1 is 1.20 bits per heavy atom. The summed E-state index contributed by atoms with van der Waals surface area (Å²) < 4.78 is 44.3. The zero-order valence-electron chi connectivity index (χ0n) is 12.8. The number of ketones is 1. The van der Waals surface area contributed by atoms with Gasteiger partial charge in [0.05, 0.1) is 5.57 Å². The second kappa shape index (κ2) is 6.23. The normalized spacial score (nSPS) is 22.4. The van der Waals surface area contributed by atoms with Crippen molar-refractivity contribution in [3.8, 4) is 0 Å². The molecule has 1 aliphatic carbocycles. The molecule has 3 rings (SSSR count). The van der Waals surface area contributed by atoms with Crippen molar-refractivity contribution in [2.24, 2.45) is 0 Å². The predicted octanol–water partition coefficient (Wildman–Crippen LogP) is 3.66. The summed E-state index contributed by atoms with van der Waals surface area (Å²) in [6.45, 7) is 0. The highest BCUT2D eigenvalue weighted by atomic mass is 19.4. The molecule has 1 atom stereocenters. The van der Waals surface area contributed by atoms with Crippen LogP contribution in [0.25, 0.3) is 6.08 Å². The molecule has 0 amide bonds. The van der Waals surface area contributed by atoms with E-state index in [1.54, 1.807) is 30.3 Å². The van der Waals surface area contributed by atoms with Crippen molar-refractivity contribution in [1.82, 2.24) is 0 Å². The van der Waals surface area contributed by atoms with Crippen LogP contribution in [0.15, 0.2) is 58.9 Å². The Balaban J connectivity index is 1.96. The first-order chi connectivity index (χ1) is 11.8. The Bertz CT molecular complexity index is 816. The largest absolute Gasteiger partial charge is 0.480 e. The number of aliphatic carboxylic acids is 1. The zero-order valence-corrected chi connectivity index (χ0v) is 12.8. The van der Waals surface area contributed by atoms with E-state index in [1.165, 1.54) is 0 Å². The fraction of sp³-hybridized carbons (Fsp3) is 0.222. The van der Waals surface area contributed by atoms with E-state index in [0.717, 1.165) is 11.6 Å². The molecule has 1 aromatic rings. The van der Waals surface area contributed by atoms with Crippen LogP contribution in [0.5, 0.6) is 0 Å². The number of halogens is 3. The molecule has 1 aliphatic heterocycles. The number of carboxylic acids is 1. The highest BCUT2D eigenvalue weighted by Gasteiger charge is 2.49. The molecule has 130 valence electrons. The van der Waals surface area contributed by atoms with Crippen molar-refractivity contribution in [3.63, 3.8) is 0 Å². The molecule has 0 spiro atoms. The molecule has 0 bridgehead atoms. The Morgan fingerprint density at radius 2 is 1.88 bits per heavy atom. The van der Waals surface area contributed by atoms with E-state index in [4.69, 9.17) is 9.84 Å². The number of Topliss-reactive ketones (excluding diaryl/α,β-unsaturated/α-hetero) is 1. The van der Waals surface area contributed by atoms with Crippen LogP contribution in [-0.4, -0.2) is 29.1 Å². The van der Waals surface area contributed by atoms with Crippen LogP contribution in [0.4, 0.5) is 13.2 Å². The molecule has 0 saturated heterocycles. The van der Waals surface area contributed by atoms with Crippen LogP contribution in [0.3, 0.4) is 0 Å². The van der Waals surface area contributed by atoms with Crippen LogP contribution in [0, 0.1) is 0 Å². The lowest BCUT2D eigenvalue weighted by Crippen LogP contribution is -2.39. The van der Waals surface area contributed by atoms with E-state index < -0.39 is 23.8 Å². The van der Waals surface area contributed by atoms with Crippen LogP contribution in [0.1, 0.15) is 18.4 Å². The third-order valence-electron chi connectivity index (χ3n) is 3.98. The molecule has 1 N–H and O–H groups in total. The molecule has 7 heteroatoms. The fourth-order valence-corrected chi connectivity index (χ4v) is 2.79.